The van der Waals surface area contributed by atoms with Crippen molar-refractivity contribution in [2.75, 3.05) is 36.9 Å². The van der Waals surface area contributed by atoms with Crippen LogP contribution in [0.1, 0.15) is 25.7 Å². The molecular formula is C13H24N2S2. The summed E-state index contributed by atoms with van der Waals surface area (Å²) in [6.45, 7) is 3.95. The van der Waals surface area contributed by atoms with E-state index < -0.39 is 0 Å². The highest BCUT2D eigenvalue weighted by Crippen LogP contribution is 2.28. The van der Waals surface area contributed by atoms with Crippen LogP contribution in [0.5, 0.6) is 0 Å². The fourth-order valence-corrected chi connectivity index (χ4v) is 5.99. The summed E-state index contributed by atoms with van der Waals surface area (Å²) < 4.78 is 0. The summed E-state index contributed by atoms with van der Waals surface area (Å²) in [5, 5.41) is 4.71. The molecule has 4 heteroatoms. The first kappa shape index (κ1) is 12.6. The fraction of sp³-hybridized carbons (Fsp3) is 1.00. The third-order valence-electron chi connectivity index (χ3n) is 4.34. The van der Waals surface area contributed by atoms with Crippen molar-refractivity contribution in [3.05, 3.63) is 0 Å². The highest BCUT2D eigenvalue weighted by molar-refractivity contribution is 8.06. The Bertz CT molecular complexity index is 244. The van der Waals surface area contributed by atoms with Crippen LogP contribution in [0.15, 0.2) is 0 Å². The lowest BCUT2D eigenvalue weighted by atomic mass is 9.97. The maximum absolute atomic E-state index is 3.84. The standard InChI is InChI=1S/C13H24N2S2/c1-2-12-8-11(3-5-15(12)4-1)14-9-13-10-16-6-7-17-13/h11-14H,1-10H2. The molecule has 3 heterocycles. The molecule has 3 rings (SSSR count). The SMILES string of the molecule is C1CC2CC(NCC3CSCCS3)CCN2C1. The lowest BCUT2D eigenvalue weighted by Gasteiger charge is -2.36. The Morgan fingerprint density at radius 2 is 2.18 bits per heavy atom. The van der Waals surface area contributed by atoms with Gasteiger partial charge in [-0.25, -0.2) is 0 Å². The Kier molecular flexibility index (Phi) is 4.59. The van der Waals surface area contributed by atoms with E-state index in [1.807, 2.05) is 0 Å². The van der Waals surface area contributed by atoms with Gasteiger partial charge in [0.2, 0.25) is 0 Å². The maximum Gasteiger partial charge on any atom is 0.0263 e. The predicted octanol–water partition coefficient (Wildman–Crippen LogP) is 2.05. The molecule has 0 saturated carbocycles. The fourth-order valence-electron chi connectivity index (χ4n) is 3.36. The Balaban J connectivity index is 1.40. The van der Waals surface area contributed by atoms with Crippen LogP contribution in [0.3, 0.4) is 0 Å². The van der Waals surface area contributed by atoms with Gasteiger partial charge in [-0.05, 0) is 38.8 Å². The Labute approximate surface area is 114 Å². The van der Waals surface area contributed by atoms with Crippen molar-refractivity contribution in [2.24, 2.45) is 0 Å². The smallest absolute Gasteiger partial charge is 0.0263 e. The summed E-state index contributed by atoms with van der Waals surface area (Å²) in [6.07, 6.45) is 5.67. The van der Waals surface area contributed by atoms with E-state index in [1.54, 1.807) is 0 Å². The van der Waals surface area contributed by atoms with Crippen LogP contribution in [-0.4, -0.2) is 59.1 Å². The minimum absolute atomic E-state index is 0.807. The van der Waals surface area contributed by atoms with Crippen LogP contribution in [0.2, 0.25) is 0 Å². The van der Waals surface area contributed by atoms with Gasteiger partial charge in [-0.2, -0.15) is 23.5 Å². The maximum atomic E-state index is 3.84. The number of rotatable bonds is 3. The summed E-state index contributed by atoms with van der Waals surface area (Å²) in [6, 6.07) is 1.72. The third-order valence-corrected chi connectivity index (χ3v) is 7.18. The van der Waals surface area contributed by atoms with Gasteiger partial charge in [0, 0.05) is 41.1 Å². The normalized spacial score (nSPS) is 39.2. The molecule has 3 atom stereocenters. The average Bonchev–Trinajstić information content (AvgIpc) is 2.85. The van der Waals surface area contributed by atoms with Crippen molar-refractivity contribution in [1.82, 2.24) is 10.2 Å². The Morgan fingerprint density at radius 1 is 1.18 bits per heavy atom. The van der Waals surface area contributed by atoms with Gasteiger partial charge in [-0.15, -0.1) is 0 Å². The van der Waals surface area contributed by atoms with E-state index in [2.05, 4.69) is 33.7 Å². The topological polar surface area (TPSA) is 15.3 Å². The lowest BCUT2D eigenvalue weighted by molar-refractivity contribution is 0.167. The molecule has 0 aromatic rings. The van der Waals surface area contributed by atoms with E-state index in [9.17, 15) is 0 Å². The summed E-state index contributed by atoms with van der Waals surface area (Å²) in [7, 11) is 0. The van der Waals surface area contributed by atoms with Crippen LogP contribution in [0.4, 0.5) is 0 Å². The van der Waals surface area contributed by atoms with Crippen LogP contribution in [-0.2, 0) is 0 Å². The zero-order chi connectivity index (χ0) is 11.5. The van der Waals surface area contributed by atoms with E-state index >= 15 is 0 Å². The summed E-state index contributed by atoms with van der Waals surface area (Å²) in [5.41, 5.74) is 0. The molecule has 3 fully saturated rings. The molecule has 0 amide bonds. The first-order chi connectivity index (χ1) is 8.42. The minimum atomic E-state index is 0.807. The van der Waals surface area contributed by atoms with Gasteiger partial charge in [0.1, 0.15) is 0 Å². The highest BCUT2D eigenvalue weighted by Gasteiger charge is 2.31. The second kappa shape index (κ2) is 6.18. The zero-order valence-electron chi connectivity index (χ0n) is 10.6. The molecule has 17 heavy (non-hydrogen) atoms. The van der Waals surface area contributed by atoms with E-state index in [4.69, 9.17) is 0 Å². The Morgan fingerprint density at radius 3 is 3.06 bits per heavy atom. The number of hydrogen-bond acceptors (Lipinski definition) is 4. The summed E-state index contributed by atoms with van der Waals surface area (Å²) in [4.78, 5) is 2.71. The molecule has 0 radical (unpaired) electrons. The van der Waals surface area contributed by atoms with Gasteiger partial charge >= 0.3 is 0 Å². The number of nitrogens with zero attached hydrogens (tertiary/aromatic N) is 1. The predicted molar refractivity (Wildman–Crippen MR) is 79.2 cm³/mol. The van der Waals surface area contributed by atoms with Gasteiger partial charge in [0.05, 0.1) is 0 Å². The average molecular weight is 272 g/mol. The van der Waals surface area contributed by atoms with Crippen molar-refractivity contribution in [2.45, 2.75) is 43.0 Å². The summed E-state index contributed by atoms with van der Waals surface area (Å²) >= 11 is 4.31. The van der Waals surface area contributed by atoms with E-state index in [-0.39, 0.29) is 0 Å². The van der Waals surface area contributed by atoms with Gasteiger partial charge in [0.15, 0.2) is 0 Å². The van der Waals surface area contributed by atoms with Crippen LogP contribution >= 0.6 is 23.5 Å². The molecule has 3 aliphatic rings. The molecule has 3 saturated heterocycles. The zero-order valence-corrected chi connectivity index (χ0v) is 12.2. The molecule has 98 valence electrons. The molecule has 0 bridgehead atoms. The number of piperidine rings is 1. The van der Waals surface area contributed by atoms with Crippen molar-refractivity contribution in [1.29, 1.82) is 0 Å². The number of nitrogens with one attached hydrogen (secondary N) is 1. The molecule has 0 aromatic carbocycles. The second-order valence-corrected chi connectivity index (χ2v) is 8.09. The number of hydrogen-bond donors (Lipinski definition) is 1. The highest BCUT2D eigenvalue weighted by atomic mass is 32.2. The minimum Gasteiger partial charge on any atom is -0.313 e. The van der Waals surface area contributed by atoms with Gasteiger partial charge in [-0.1, -0.05) is 0 Å². The lowest BCUT2D eigenvalue weighted by Crippen LogP contribution is -2.47. The molecule has 0 aromatic heterocycles. The van der Waals surface area contributed by atoms with Crippen LogP contribution < -0.4 is 5.32 Å². The summed E-state index contributed by atoms with van der Waals surface area (Å²) in [5.74, 6) is 4.08. The van der Waals surface area contributed by atoms with Crippen molar-refractivity contribution < 1.29 is 0 Å². The first-order valence-corrected chi connectivity index (χ1v) is 9.29. The second-order valence-electron chi connectivity index (χ2n) is 5.53. The largest absolute Gasteiger partial charge is 0.313 e. The molecular weight excluding hydrogens is 248 g/mol. The van der Waals surface area contributed by atoms with Gasteiger partial charge in [0.25, 0.3) is 0 Å². The quantitative estimate of drug-likeness (QED) is 0.845. The van der Waals surface area contributed by atoms with Crippen LogP contribution in [0.25, 0.3) is 0 Å². The van der Waals surface area contributed by atoms with E-state index in [0.717, 1.165) is 17.3 Å². The molecule has 3 unspecified atom stereocenters. The Hall–Kier alpha value is 0.620. The van der Waals surface area contributed by atoms with Crippen molar-refractivity contribution >= 4 is 23.5 Å². The molecule has 0 spiro atoms. The molecule has 3 aliphatic heterocycles. The van der Waals surface area contributed by atoms with Crippen molar-refractivity contribution in [3.63, 3.8) is 0 Å². The monoisotopic (exact) mass is 272 g/mol. The third kappa shape index (κ3) is 3.34. The van der Waals surface area contributed by atoms with E-state index in [1.165, 1.54) is 62.6 Å². The molecule has 0 aliphatic carbocycles. The van der Waals surface area contributed by atoms with Crippen LogP contribution in [0, 0.1) is 0 Å². The number of thioether (sulfide) groups is 2. The molecule has 1 N–H and O–H groups in total. The first-order valence-electron chi connectivity index (χ1n) is 7.08. The van der Waals surface area contributed by atoms with E-state index in [0.29, 0.717) is 0 Å². The van der Waals surface area contributed by atoms with Gasteiger partial charge < -0.3 is 10.2 Å². The van der Waals surface area contributed by atoms with Crippen molar-refractivity contribution in [3.8, 4) is 0 Å². The molecule has 2 nitrogen and oxygen atoms in total. The van der Waals surface area contributed by atoms with Gasteiger partial charge in [-0.3, -0.25) is 0 Å². The number of fused-ring (bicyclic) bond motifs is 1.